The monoisotopic (exact) mass is 347 g/mol. The van der Waals surface area contributed by atoms with Gasteiger partial charge in [0.2, 0.25) is 0 Å². The molecule has 2 aromatic heterocycles. The van der Waals surface area contributed by atoms with Crippen molar-refractivity contribution in [2.24, 2.45) is 0 Å². The van der Waals surface area contributed by atoms with E-state index in [0.29, 0.717) is 23.7 Å². The average Bonchev–Trinajstić information content (AvgIpc) is 3.13. The van der Waals surface area contributed by atoms with Gasteiger partial charge in [0.25, 0.3) is 5.89 Å². The highest BCUT2D eigenvalue weighted by Crippen LogP contribution is 2.23. The minimum absolute atomic E-state index is 0.213. The summed E-state index contributed by atoms with van der Waals surface area (Å²) < 4.78 is 18.3. The predicted molar refractivity (Wildman–Crippen MR) is 93.8 cm³/mol. The Hall–Kier alpha value is -3.54. The second-order valence-electron chi connectivity index (χ2n) is 5.80. The lowest BCUT2D eigenvalue weighted by Gasteiger charge is -2.01. The summed E-state index contributed by atoms with van der Waals surface area (Å²) >= 11 is 0. The summed E-state index contributed by atoms with van der Waals surface area (Å²) in [5, 5.41) is 13.3. The minimum Gasteiger partial charge on any atom is -0.508 e. The first kappa shape index (κ1) is 16.0. The van der Waals surface area contributed by atoms with E-state index < -0.39 is 0 Å². The molecule has 2 heterocycles. The summed E-state index contributed by atoms with van der Waals surface area (Å²) in [4.78, 5) is 8.77. The summed E-state index contributed by atoms with van der Waals surface area (Å²) in [5.41, 5.74) is 3.29. The maximum Gasteiger partial charge on any atom is 0.259 e. The molecule has 6 heteroatoms. The van der Waals surface area contributed by atoms with E-state index in [1.165, 1.54) is 12.1 Å². The molecule has 4 rings (SSSR count). The van der Waals surface area contributed by atoms with Crippen molar-refractivity contribution in [1.82, 2.24) is 15.1 Å². The molecule has 0 spiro atoms. The molecule has 5 nitrogen and oxygen atoms in total. The third-order valence-corrected chi connectivity index (χ3v) is 3.92. The lowest BCUT2D eigenvalue weighted by molar-refractivity contribution is 0.424. The van der Waals surface area contributed by atoms with E-state index in [0.717, 1.165) is 16.8 Å². The summed E-state index contributed by atoms with van der Waals surface area (Å²) in [7, 11) is 0. The molecule has 0 bridgehead atoms. The Labute approximate surface area is 148 Å². The second-order valence-corrected chi connectivity index (χ2v) is 5.80. The first-order valence-electron chi connectivity index (χ1n) is 8.00. The van der Waals surface area contributed by atoms with Crippen molar-refractivity contribution in [3.05, 3.63) is 84.1 Å². The van der Waals surface area contributed by atoms with Crippen molar-refractivity contribution in [3.8, 4) is 28.5 Å². The molecule has 0 atom stereocenters. The van der Waals surface area contributed by atoms with Gasteiger partial charge in [-0.3, -0.25) is 4.98 Å². The zero-order valence-electron chi connectivity index (χ0n) is 13.6. The van der Waals surface area contributed by atoms with Crippen LogP contribution in [-0.4, -0.2) is 20.2 Å². The number of aromatic nitrogens is 3. The molecule has 1 N–H and O–H groups in total. The Bertz CT molecular complexity index is 1010. The van der Waals surface area contributed by atoms with Crippen LogP contribution in [0.3, 0.4) is 0 Å². The van der Waals surface area contributed by atoms with E-state index in [9.17, 15) is 9.50 Å². The van der Waals surface area contributed by atoms with Crippen LogP contribution in [0.4, 0.5) is 4.39 Å². The first-order chi connectivity index (χ1) is 12.7. The van der Waals surface area contributed by atoms with Gasteiger partial charge in [-0.2, -0.15) is 4.98 Å². The molecule has 26 heavy (non-hydrogen) atoms. The summed E-state index contributed by atoms with van der Waals surface area (Å²) in [6, 6.07) is 16.7. The molecule has 0 fully saturated rings. The average molecular weight is 347 g/mol. The number of halogens is 1. The fourth-order valence-corrected chi connectivity index (χ4v) is 2.55. The van der Waals surface area contributed by atoms with Gasteiger partial charge in [-0.05, 0) is 54.1 Å². The van der Waals surface area contributed by atoms with Crippen LogP contribution in [0.5, 0.6) is 5.75 Å². The number of aromatic hydroxyl groups is 1. The van der Waals surface area contributed by atoms with E-state index in [4.69, 9.17) is 4.52 Å². The molecule has 128 valence electrons. The molecule has 0 aliphatic rings. The van der Waals surface area contributed by atoms with Gasteiger partial charge < -0.3 is 9.63 Å². The Morgan fingerprint density at radius 1 is 0.885 bits per heavy atom. The highest BCUT2D eigenvalue weighted by Gasteiger charge is 2.10. The molecule has 0 amide bonds. The van der Waals surface area contributed by atoms with Gasteiger partial charge in [-0.1, -0.05) is 17.3 Å². The Kier molecular flexibility index (Phi) is 4.15. The highest BCUT2D eigenvalue weighted by atomic mass is 19.1. The van der Waals surface area contributed by atoms with Crippen LogP contribution in [0.25, 0.3) is 22.7 Å². The van der Waals surface area contributed by atoms with Crippen LogP contribution >= 0.6 is 0 Å². The van der Waals surface area contributed by atoms with E-state index in [1.807, 2.05) is 12.1 Å². The third-order valence-electron chi connectivity index (χ3n) is 3.92. The van der Waals surface area contributed by atoms with Gasteiger partial charge in [-0.25, -0.2) is 4.39 Å². The molecule has 0 saturated heterocycles. The van der Waals surface area contributed by atoms with Gasteiger partial charge in [0.15, 0.2) is 5.82 Å². The Balaban J connectivity index is 1.52. The molecular formula is C20H14FN3O2. The quantitative estimate of drug-likeness (QED) is 0.598. The zero-order valence-corrected chi connectivity index (χ0v) is 13.6. The van der Waals surface area contributed by atoms with Gasteiger partial charge in [0, 0.05) is 18.2 Å². The standard InChI is InChI=1S/C20H14FN3O2/c21-16-6-1-13(2-7-16)11-19-23-20(26-24-19)15-5-10-18(22-12-15)14-3-8-17(25)9-4-14/h1-10,12,25H,11H2. The maximum absolute atomic E-state index is 13.0. The van der Waals surface area contributed by atoms with Crippen molar-refractivity contribution in [2.45, 2.75) is 6.42 Å². The van der Waals surface area contributed by atoms with Crippen LogP contribution in [0.2, 0.25) is 0 Å². The molecule has 0 aliphatic heterocycles. The van der Waals surface area contributed by atoms with E-state index in [-0.39, 0.29) is 11.6 Å². The SMILES string of the molecule is Oc1ccc(-c2ccc(-c3nc(Cc4ccc(F)cc4)no3)cn2)cc1. The van der Waals surface area contributed by atoms with Crippen molar-refractivity contribution in [3.63, 3.8) is 0 Å². The predicted octanol–water partition coefficient (Wildman–Crippen LogP) is 4.23. The summed E-state index contributed by atoms with van der Waals surface area (Å²) in [6.07, 6.45) is 2.13. The van der Waals surface area contributed by atoms with E-state index >= 15 is 0 Å². The number of hydrogen-bond acceptors (Lipinski definition) is 5. The van der Waals surface area contributed by atoms with Crippen LogP contribution in [0.1, 0.15) is 11.4 Å². The molecule has 2 aromatic carbocycles. The number of nitrogens with zero attached hydrogens (tertiary/aromatic N) is 3. The van der Waals surface area contributed by atoms with Crippen LogP contribution in [0, 0.1) is 5.82 Å². The molecule has 0 aliphatic carbocycles. The van der Waals surface area contributed by atoms with Crippen molar-refractivity contribution < 1.29 is 14.0 Å². The number of pyridine rings is 1. The highest BCUT2D eigenvalue weighted by molar-refractivity contribution is 5.63. The smallest absolute Gasteiger partial charge is 0.259 e. The topological polar surface area (TPSA) is 72.0 Å². The van der Waals surface area contributed by atoms with Crippen molar-refractivity contribution in [2.75, 3.05) is 0 Å². The Morgan fingerprint density at radius 3 is 2.31 bits per heavy atom. The van der Waals surface area contributed by atoms with Crippen molar-refractivity contribution in [1.29, 1.82) is 0 Å². The van der Waals surface area contributed by atoms with Crippen LogP contribution < -0.4 is 0 Å². The first-order valence-corrected chi connectivity index (χ1v) is 8.00. The molecule has 4 aromatic rings. The zero-order chi connectivity index (χ0) is 17.9. The second kappa shape index (κ2) is 6.76. The fraction of sp³-hybridized carbons (Fsp3) is 0.0500. The third kappa shape index (κ3) is 3.44. The summed E-state index contributed by atoms with van der Waals surface area (Å²) in [5.74, 6) is 0.841. The largest absolute Gasteiger partial charge is 0.508 e. The molecule has 0 unspecified atom stereocenters. The maximum atomic E-state index is 13.0. The fourth-order valence-electron chi connectivity index (χ4n) is 2.55. The van der Waals surface area contributed by atoms with Gasteiger partial charge in [-0.15, -0.1) is 0 Å². The lowest BCUT2D eigenvalue weighted by Crippen LogP contribution is -1.91. The minimum atomic E-state index is -0.276. The van der Waals surface area contributed by atoms with Gasteiger partial charge >= 0.3 is 0 Å². The summed E-state index contributed by atoms with van der Waals surface area (Å²) in [6.45, 7) is 0. The van der Waals surface area contributed by atoms with Crippen molar-refractivity contribution >= 4 is 0 Å². The van der Waals surface area contributed by atoms with E-state index in [1.54, 1.807) is 42.6 Å². The van der Waals surface area contributed by atoms with Crippen LogP contribution in [-0.2, 0) is 6.42 Å². The number of benzene rings is 2. The molecule has 0 radical (unpaired) electrons. The normalized spacial score (nSPS) is 10.8. The lowest BCUT2D eigenvalue weighted by atomic mass is 10.1. The molecule has 0 saturated carbocycles. The van der Waals surface area contributed by atoms with E-state index in [2.05, 4.69) is 15.1 Å². The number of phenolic OH excluding ortho intramolecular Hbond substituents is 1. The number of phenols is 1. The van der Waals surface area contributed by atoms with Crippen LogP contribution in [0.15, 0.2) is 71.4 Å². The Morgan fingerprint density at radius 2 is 1.62 bits per heavy atom. The molecular weight excluding hydrogens is 333 g/mol. The number of hydrogen-bond donors (Lipinski definition) is 1. The van der Waals surface area contributed by atoms with Gasteiger partial charge in [0.1, 0.15) is 11.6 Å². The number of rotatable bonds is 4. The van der Waals surface area contributed by atoms with Gasteiger partial charge in [0.05, 0.1) is 11.3 Å².